The summed E-state index contributed by atoms with van der Waals surface area (Å²) in [4.78, 5) is 15.5. The molecule has 1 amide bonds. The lowest BCUT2D eigenvalue weighted by Gasteiger charge is -2.22. The number of amides is 1. The van der Waals surface area contributed by atoms with Crippen LogP contribution in [0.4, 0.5) is 0 Å². The third kappa shape index (κ3) is 3.88. The summed E-state index contributed by atoms with van der Waals surface area (Å²) in [7, 11) is 1.86. The zero-order valence-corrected chi connectivity index (χ0v) is 9.57. The Kier molecular flexibility index (Phi) is 4.57. The first-order valence-corrected chi connectivity index (χ1v) is 5.54. The summed E-state index contributed by atoms with van der Waals surface area (Å²) in [5.74, 6) is 0.140. The zero-order chi connectivity index (χ0) is 11.3. The van der Waals surface area contributed by atoms with Gasteiger partial charge in [0.15, 0.2) is 0 Å². The number of likely N-dealkylation sites (N-methyl/N-ethyl adjacent to an activating group) is 1. The molecular weight excluding hydrogens is 190 g/mol. The van der Waals surface area contributed by atoms with E-state index in [0.717, 1.165) is 25.8 Å². The van der Waals surface area contributed by atoms with Gasteiger partial charge in [-0.25, -0.2) is 0 Å². The van der Waals surface area contributed by atoms with Crippen LogP contribution in [0.25, 0.3) is 0 Å². The predicted octanol–water partition coefficient (Wildman–Crippen LogP) is 0.843. The van der Waals surface area contributed by atoms with E-state index < -0.39 is 0 Å². The molecule has 0 atom stereocenters. The van der Waals surface area contributed by atoms with Crippen molar-refractivity contribution in [3.05, 3.63) is 0 Å². The lowest BCUT2D eigenvalue weighted by molar-refractivity contribution is -0.131. The fourth-order valence-electron chi connectivity index (χ4n) is 1.60. The first kappa shape index (κ1) is 12.0. The average Bonchev–Trinajstić information content (AvgIpc) is 3.00. The molecule has 1 aliphatic carbocycles. The largest absolute Gasteiger partial charge is 0.342 e. The number of carbonyl (C=O) groups excluding carboxylic acids is 1. The number of nitrogens with zero attached hydrogens (tertiary/aromatic N) is 3. The molecule has 1 aliphatic rings. The van der Waals surface area contributed by atoms with E-state index in [1.807, 2.05) is 16.8 Å². The van der Waals surface area contributed by atoms with Crippen molar-refractivity contribution in [2.24, 2.45) is 0 Å². The van der Waals surface area contributed by atoms with E-state index in [-0.39, 0.29) is 5.91 Å². The smallest absolute Gasteiger partial charge is 0.236 e. The zero-order valence-electron chi connectivity index (χ0n) is 9.57. The average molecular weight is 209 g/mol. The summed E-state index contributed by atoms with van der Waals surface area (Å²) >= 11 is 0. The van der Waals surface area contributed by atoms with Gasteiger partial charge in [-0.05, 0) is 25.8 Å². The molecule has 15 heavy (non-hydrogen) atoms. The first-order valence-electron chi connectivity index (χ1n) is 5.54. The Morgan fingerprint density at radius 2 is 2.20 bits per heavy atom. The molecule has 0 bridgehead atoms. The van der Waals surface area contributed by atoms with Gasteiger partial charge in [-0.15, -0.1) is 0 Å². The third-order valence-electron chi connectivity index (χ3n) is 2.68. The molecule has 0 N–H and O–H groups in total. The number of nitriles is 1. The summed E-state index contributed by atoms with van der Waals surface area (Å²) in [5.41, 5.74) is 0. The maximum atomic E-state index is 11.8. The molecule has 1 rings (SSSR count). The molecule has 0 radical (unpaired) electrons. The van der Waals surface area contributed by atoms with E-state index in [1.54, 1.807) is 0 Å². The summed E-state index contributed by atoms with van der Waals surface area (Å²) in [6, 6.07) is 2.56. The molecule has 0 aliphatic heterocycles. The minimum atomic E-state index is 0.140. The van der Waals surface area contributed by atoms with Crippen LogP contribution < -0.4 is 0 Å². The highest BCUT2D eigenvalue weighted by molar-refractivity contribution is 5.78. The molecule has 4 nitrogen and oxygen atoms in total. The quantitative estimate of drug-likeness (QED) is 0.609. The van der Waals surface area contributed by atoms with Gasteiger partial charge < -0.3 is 4.90 Å². The van der Waals surface area contributed by atoms with E-state index in [2.05, 4.69) is 13.0 Å². The van der Waals surface area contributed by atoms with Crippen LogP contribution in [0.1, 0.15) is 26.2 Å². The second-order valence-corrected chi connectivity index (χ2v) is 4.10. The molecule has 84 valence electrons. The van der Waals surface area contributed by atoms with Crippen LogP contribution in [-0.4, -0.2) is 48.4 Å². The molecule has 4 heteroatoms. The fourth-order valence-corrected chi connectivity index (χ4v) is 1.60. The minimum absolute atomic E-state index is 0.140. The highest BCUT2D eigenvalue weighted by Gasteiger charge is 2.29. The van der Waals surface area contributed by atoms with Gasteiger partial charge in [0.2, 0.25) is 5.91 Å². The standard InChI is InChI=1S/C11H19N3O/c1-3-7-14(8-6-12)9-11(15)13(2)10-4-5-10/h10H,3-5,7-9H2,1-2H3. The Morgan fingerprint density at radius 1 is 1.53 bits per heavy atom. The number of carbonyl (C=O) groups is 1. The molecular formula is C11H19N3O. The van der Waals surface area contributed by atoms with Crippen LogP contribution in [0.2, 0.25) is 0 Å². The Hall–Kier alpha value is -1.08. The molecule has 1 fully saturated rings. The Balaban J connectivity index is 2.35. The summed E-state index contributed by atoms with van der Waals surface area (Å²) in [6.45, 7) is 3.60. The number of hydrogen-bond acceptors (Lipinski definition) is 3. The summed E-state index contributed by atoms with van der Waals surface area (Å²) < 4.78 is 0. The van der Waals surface area contributed by atoms with Crippen LogP contribution in [0.15, 0.2) is 0 Å². The van der Waals surface area contributed by atoms with Crippen molar-refractivity contribution in [2.45, 2.75) is 32.2 Å². The highest BCUT2D eigenvalue weighted by atomic mass is 16.2. The van der Waals surface area contributed by atoms with E-state index >= 15 is 0 Å². The van der Waals surface area contributed by atoms with E-state index in [1.165, 1.54) is 0 Å². The Labute approximate surface area is 91.5 Å². The summed E-state index contributed by atoms with van der Waals surface area (Å²) in [6.07, 6.45) is 3.24. The SMILES string of the molecule is CCCN(CC#N)CC(=O)N(C)C1CC1. The maximum absolute atomic E-state index is 11.8. The topological polar surface area (TPSA) is 47.3 Å². The van der Waals surface area contributed by atoms with E-state index in [4.69, 9.17) is 5.26 Å². The van der Waals surface area contributed by atoms with Gasteiger partial charge in [0.05, 0.1) is 19.2 Å². The van der Waals surface area contributed by atoms with Crippen molar-refractivity contribution in [2.75, 3.05) is 26.7 Å². The van der Waals surface area contributed by atoms with Gasteiger partial charge in [0.25, 0.3) is 0 Å². The third-order valence-corrected chi connectivity index (χ3v) is 2.68. The highest BCUT2D eigenvalue weighted by Crippen LogP contribution is 2.25. The van der Waals surface area contributed by atoms with Gasteiger partial charge in [0, 0.05) is 13.1 Å². The minimum Gasteiger partial charge on any atom is -0.342 e. The molecule has 0 saturated heterocycles. The normalized spacial score (nSPS) is 15.1. The molecule has 0 aromatic rings. The Bertz CT molecular complexity index is 255. The van der Waals surface area contributed by atoms with Crippen LogP contribution >= 0.6 is 0 Å². The van der Waals surface area contributed by atoms with Gasteiger partial charge in [-0.3, -0.25) is 9.69 Å². The second-order valence-electron chi connectivity index (χ2n) is 4.10. The van der Waals surface area contributed by atoms with E-state index in [0.29, 0.717) is 19.1 Å². The van der Waals surface area contributed by atoms with Gasteiger partial charge in [-0.2, -0.15) is 5.26 Å². The van der Waals surface area contributed by atoms with Crippen molar-refractivity contribution in [1.29, 1.82) is 5.26 Å². The second kappa shape index (κ2) is 5.72. The van der Waals surface area contributed by atoms with Crippen LogP contribution in [0, 0.1) is 11.3 Å². The van der Waals surface area contributed by atoms with Crippen LogP contribution in [-0.2, 0) is 4.79 Å². The van der Waals surface area contributed by atoms with Crippen molar-refractivity contribution < 1.29 is 4.79 Å². The van der Waals surface area contributed by atoms with Gasteiger partial charge in [-0.1, -0.05) is 6.92 Å². The van der Waals surface area contributed by atoms with Crippen molar-refractivity contribution in [1.82, 2.24) is 9.80 Å². The Morgan fingerprint density at radius 3 is 2.67 bits per heavy atom. The van der Waals surface area contributed by atoms with Crippen molar-refractivity contribution in [3.63, 3.8) is 0 Å². The molecule has 0 unspecified atom stereocenters. The number of rotatable bonds is 6. The summed E-state index contributed by atoms with van der Waals surface area (Å²) in [5, 5.41) is 8.62. The van der Waals surface area contributed by atoms with E-state index in [9.17, 15) is 4.79 Å². The molecule has 0 spiro atoms. The fraction of sp³-hybridized carbons (Fsp3) is 0.818. The molecule has 0 aromatic carbocycles. The van der Waals surface area contributed by atoms with Crippen molar-refractivity contribution >= 4 is 5.91 Å². The van der Waals surface area contributed by atoms with Crippen LogP contribution in [0.5, 0.6) is 0 Å². The molecule has 0 heterocycles. The maximum Gasteiger partial charge on any atom is 0.236 e. The molecule has 1 saturated carbocycles. The molecule has 0 aromatic heterocycles. The predicted molar refractivity (Wildman–Crippen MR) is 58.1 cm³/mol. The number of hydrogen-bond donors (Lipinski definition) is 0. The van der Waals surface area contributed by atoms with Gasteiger partial charge >= 0.3 is 0 Å². The first-order chi connectivity index (χ1) is 7.19. The lowest BCUT2D eigenvalue weighted by atomic mass is 10.3. The van der Waals surface area contributed by atoms with Crippen LogP contribution in [0.3, 0.4) is 0 Å². The lowest BCUT2D eigenvalue weighted by Crippen LogP contribution is -2.39. The monoisotopic (exact) mass is 209 g/mol. The van der Waals surface area contributed by atoms with Crippen molar-refractivity contribution in [3.8, 4) is 6.07 Å². The van der Waals surface area contributed by atoms with Gasteiger partial charge in [0.1, 0.15) is 0 Å².